The van der Waals surface area contributed by atoms with Crippen molar-refractivity contribution in [1.29, 1.82) is 0 Å². The fourth-order valence-corrected chi connectivity index (χ4v) is 2.99. The molecule has 0 aliphatic heterocycles. The van der Waals surface area contributed by atoms with Gasteiger partial charge >= 0.3 is 0 Å². The smallest absolute Gasteiger partial charge is 0.0897 e. The van der Waals surface area contributed by atoms with Crippen molar-refractivity contribution in [3.63, 3.8) is 0 Å². The van der Waals surface area contributed by atoms with Crippen molar-refractivity contribution >= 4 is 10.9 Å². The van der Waals surface area contributed by atoms with Crippen LogP contribution in [0.5, 0.6) is 0 Å². The molecule has 1 aromatic heterocycles. The van der Waals surface area contributed by atoms with Crippen LogP contribution in [-0.2, 0) is 5.60 Å². The first-order chi connectivity index (χ1) is 8.99. The quantitative estimate of drug-likeness (QED) is 0.834. The van der Waals surface area contributed by atoms with Gasteiger partial charge in [0.15, 0.2) is 0 Å². The molecule has 3 rings (SSSR count). The van der Waals surface area contributed by atoms with Crippen LogP contribution in [0.1, 0.15) is 45.1 Å². The van der Waals surface area contributed by atoms with E-state index in [2.05, 4.69) is 31.0 Å². The molecule has 0 bridgehead atoms. The molecule has 1 saturated carbocycles. The van der Waals surface area contributed by atoms with Crippen LogP contribution < -0.4 is 0 Å². The molecule has 1 aromatic carbocycles. The van der Waals surface area contributed by atoms with Gasteiger partial charge in [0, 0.05) is 11.6 Å². The lowest BCUT2D eigenvalue weighted by Gasteiger charge is -2.40. The number of aromatic nitrogens is 1. The zero-order valence-electron chi connectivity index (χ0n) is 11.7. The summed E-state index contributed by atoms with van der Waals surface area (Å²) in [4.78, 5) is 4.33. The summed E-state index contributed by atoms with van der Waals surface area (Å²) in [7, 11) is 0. The summed E-state index contributed by atoms with van der Waals surface area (Å²) >= 11 is 0. The van der Waals surface area contributed by atoms with E-state index in [0.29, 0.717) is 5.41 Å². The topological polar surface area (TPSA) is 33.1 Å². The third-order valence-electron chi connectivity index (χ3n) is 4.57. The van der Waals surface area contributed by atoms with Crippen molar-refractivity contribution in [1.82, 2.24) is 4.98 Å². The Morgan fingerprint density at radius 3 is 2.53 bits per heavy atom. The lowest BCUT2D eigenvalue weighted by atomic mass is 9.69. The van der Waals surface area contributed by atoms with Crippen LogP contribution >= 0.6 is 0 Å². The Kier molecular flexibility index (Phi) is 2.86. The molecule has 1 fully saturated rings. The second-order valence-electron chi connectivity index (χ2n) is 6.61. The summed E-state index contributed by atoms with van der Waals surface area (Å²) in [6, 6.07) is 10.2. The summed E-state index contributed by atoms with van der Waals surface area (Å²) in [5, 5.41) is 12.0. The molecule has 100 valence electrons. The van der Waals surface area contributed by atoms with Crippen LogP contribution in [0.25, 0.3) is 10.9 Å². The number of hydrogen-bond donors (Lipinski definition) is 1. The molecule has 1 aliphatic rings. The van der Waals surface area contributed by atoms with Gasteiger partial charge in [-0.15, -0.1) is 0 Å². The average molecular weight is 255 g/mol. The van der Waals surface area contributed by atoms with Crippen LogP contribution in [0.4, 0.5) is 0 Å². The van der Waals surface area contributed by atoms with E-state index in [1.54, 1.807) is 6.20 Å². The first kappa shape index (κ1) is 12.6. The number of benzene rings is 1. The Bertz CT molecular complexity index is 593. The SMILES string of the molecule is CC1(C)CCC(O)(c2ccc3ncccc3c2)CC1. The predicted molar refractivity (Wildman–Crippen MR) is 77.9 cm³/mol. The Morgan fingerprint density at radius 2 is 1.79 bits per heavy atom. The van der Waals surface area contributed by atoms with Gasteiger partial charge in [-0.05, 0) is 54.9 Å². The molecule has 2 nitrogen and oxygen atoms in total. The molecule has 0 saturated heterocycles. The standard InChI is InChI=1S/C17H21NO/c1-16(2)7-9-17(19,10-8-16)14-5-6-15-13(12-14)4-3-11-18-15/h3-6,11-12,19H,7-10H2,1-2H3. The highest BCUT2D eigenvalue weighted by Gasteiger charge is 2.37. The zero-order chi connectivity index (χ0) is 13.5. The number of fused-ring (bicyclic) bond motifs is 1. The van der Waals surface area contributed by atoms with Gasteiger partial charge < -0.3 is 5.11 Å². The summed E-state index contributed by atoms with van der Waals surface area (Å²) in [5.41, 5.74) is 1.75. The number of rotatable bonds is 1. The Labute approximate surface area is 114 Å². The van der Waals surface area contributed by atoms with Gasteiger partial charge in [0.1, 0.15) is 0 Å². The number of hydrogen-bond acceptors (Lipinski definition) is 2. The van der Waals surface area contributed by atoms with Gasteiger partial charge in [-0.2, -0.15) is 0 Å². The van der Waals surface area contributed by atoms with Crippen LogP contribution in [-0.4, -0.2) is 10.1 Å². The first-order valence-corrected chi connectivity index (χ1v) is 7.06. The van der Waals surface area contributed by atoms with E-state index >= 15 is 0 Å². The van der Waals surface area contributed by atoms with Gasteiger partial charge in [-0.3, -0.25) is 4.98 Å². The number of aliphatic hydroxyl groups is 1. The van der Waals surface area contributed by atoms with Crippen molar-refractivity contribution in [2.24, 2.45) is 5.41 Å². The molecular weight excluding hydrogens is 234 g/mol. The second-order valence-corrected chi connectivity index (χ2v) is 6.61. The second kappa shape index (κ2) is 4.31. The highest BCUT2D eigenvalue weighted by molar-refractivity contribution is 5.79. The van der Waals surface area contributed by atoms with Crippen molar-refractivity contribution < 1.29 is 5.11 Å². The number of pyridine rings is 1. The zero-order valence-corrected chi connectivity index (χ0v) is 11.7. The fraction of sp³-hybridized carbons (Fsp3) is 0.471. The van der Waals surface area contributed by atoms with E-state index < -0.39 is 5.60 Å². The molecule has 1 N–H and O–H groups in total. The van der Waals surface area contributed by atoms with E-state index in [1.807, 2.05) is 18.2 Å². The third-order valence-corrected chi connectivity index (χ3v) is 4.57. The van der Waals surface area contributed by atoms with Gasteiger partial charge in [0.2, 0.25) is 0 Å². The van der Waals surface area contributed by atoms with E-state index in [1.165, 1.54) is 0 Å². The maximum absolute atomic E-state index is 10.9. The van der Waals surface area contributed by atoms with E-state index in [4.69, 9.17) is 0 Å². The maximum atomic E-state index is 10.9. The highest BCUT2D eigenvalue weighted by atomic mass is 16.3. The van der Waals surface area contributed by atoms with Crippen LogP contribution in [0, 0.1) is 5.41 Å². The molecule has 2 heteroatoms. The average Bonchev–Trinajstić information content (AvgIpc) is 2.42. The molecule has 0 spiro atoms. The van der Waals surface area contributed by atoms with E-state index in [0.717, 1.165) is 42.1 Å². The molecule has 1 heterocycles. The van der Waals surface area contributed by atoms with Crippen molar-refractivity contribution in [3.8, 4) is 0 Å². The Balaban J connectivity index is 1.95. The third kappa shape index (κ3) is 2.37. The predicted octanol–water partition coefficient (Wildman–Crippen LogP) is 4.02. The lowest BCUT2D eigenvalue weighted by molar-refractivity contribution is -0.0304. The first-order valence-electron chi connectivity index (χ1n) is 7.06. The molecule has 1 aliphatic carbocycles. The lowest BCUT2D eigenvalue weighted by Crippen LogP contribution is -2.34. The summed E-state index contributed by atoms with van der Waals surface area (Å²) < 4.78 is 0. The minimum Gasteiger partial charge on any atom is -0.385 e. The maximum Gasteiger partial charge on any atom is 0.0897 e. The molecular formula is C17H21NO. The van der Waals surface area contributed by atoms with Crippen molar-refractivity contribution in [2.45, 2.75) is 45.1 Å². The summed E-state index contributed by atoms with van der Waals surface area (Å²) in [6.45, 7) is 4.58. The van der Waals surface area contributed by atoms with Crippen LogP contribution in [0.2, 0.25) is 0 Å². The van der Waals surface area contributed by atoms with Gasteiger partial charge in [0.25, 0.3) is 0 Å². The van der Waals surface area contributed by atoms with Gasteiger partial charge in [0.05, 0.1) is 11.1 Å². The molecule has 0 amide bonds. The Morgan fingerprint density at radius 1 is 1.05 bits per heavy atom. The normalized spacial score (nSPS) is 21.4. The molecule has 0 radical (unpaired) electrons. The minimum absolute atomic E-state index is 0.366. The Hall–Kier alpha value is -1.41. The van der Waals surface area contributed by atoms with E-state index in [9.17, 15) is 5.11 Å². The summed E-state index contributed by atoms with van der Waals surface area (Å²) in [5.74, 6) is 0. The molecule has 0 unspecified atom stereocenters. The van der Waals surface area contributed by atoms with Crippen LogP contribution in [0.3, 0.4) is 0 Å². The molecule has 2 aromatic rings. The minimum atomic E-state index is -0.653. The largest absolute Gasteiger partial charge is 0.385 e. The van der Waals surface area contributed by atoms with Crippen molar-refractivity contribution in [2.75, 3.05) is 0 Å². The van der Waals surface area contributed by atoms with Gasteiger partial charge in [-0.25, -0.2) is 0 Å². The van der Waals surface area contributed by atoms with Crippen LogP contribution in [0.15, 0.2) is 36.5 Å². The molecule has 19 heavy (non-hydrogen) atoms. The van der Waals surface area contributed by atoms with Crippen molar-refractivity contribution in [3.05, 3.63) is 42.1 Å². The fourth-order valence-electron chi connectivity index (χ4n) is 2.99. The van der Waals surface area contributed by atoms with Gasteiger partial charge in [-0.1, -0.05) is 26.0 Å². The van der Waals surface area contributed by atoms with E-state index in [-0.39, 0.29) is 0 Å². The highest BCUT2D eigenvalue weighted by Crippen LogP contribution is 2.45. The summed E-state index contributed by atoms with van der Waals surface area (Å²) in [6.07, 6.45) is 5.67. The monoisotopic (exact) mass is 255 g/mol. The molecule has 0 atom stereocenters. The number of nitrogens with zero attached hydrogens (tertiary/aromatic N) is 1.